The van der Waals surface area contributed by atoms with E-state index >= 15 is 0 Å². The van der Waals surface area contributed by atoms with E-state index in [1.165, 1.54) is 6.07 Å². The van der Waals surface area contributed by atoms with Crippen LogP contribution in [0.15, 0.2) is 42.5 Å². The zero-order valence-electron chi connectivity index (χ0n) is 11.5. The summed E-state index contributed by atoms with van der Waals surface area (Å²) < 4.78 is 18.6. The van der Waals surface area contributed by atoms with Crippen LogP contribution in [0.5, 0.6) is 5.75 Å². The number of rotatable bonds is 5. The molecule has 2 aromatic rings. The Labute approximate surface area is 123 Å². The monoisotopic (exact) mass is 293 g/mol. The molecule has 2 rings (SSSR count). The van der Waals surface area contributed by atoms with Crippen molar-refractivity contribution in [3.05, 3.63) is 64.4 Å². The van der Waals surface area contributed by atoms with Gasteiger partial charge in [0.1, 0.15) is 11.6 Å². The smallest absolute Gasteiger partial charge is 0.142 e. The summed E-state index contributed by atoms with van der Waals surface area (Å²) in [6.07, 6.45) is 0. The van der Waals surface area contributed by atoms with Gasteiger partial charge in [0.05, 0.1) is 12.1 Å². The summed E-state index contributed by atoms with van der Waals surface area (Å²) in [5, 5.41) is 3.51. The Hall–Kier alpha value is -1.58. The van der Waals surface area contributed by atoms with Crippen molar-refractivity contribution in [1.82, 2.24) is 5.32 Å². The van der Waals surface area contributed by atoms with Crippen molar-refractivity contribution in [1.29, 1.82) is 0 Å². The Morgan fingerprint density at radius 2 is 2.00 bits per heavy atom. The van der Waals surface area contributed by atoms with Crippen LogP contribution in [0.4, 0.5) is 4.39 Å². The minimum absolute atomic E-state index is 0.115. The molecule has 1 N–H and O–H groups in total. The van der Waals surface area contributed by atoms with Gasteiger partial charge in [0.15, 0.2) is 0 Å². The molecule has 20 heavy (non-hydrogen) atoms. The van der Waals surface area contributed by atoms with Crippen LogP contribution < -0.4 is 10.1 Å². The van der Waals surface area contributed by atoms with Crippen LogP contribution in [0.2, 0.25) is 5.02 Å². The third kappa shape index (κ3) is 3.50. The number of ether oxygens (including phenoxy) is 1. The topological polar surface area (TPSA) is 21.3 Å². The molecular formula is C16H17ClFNO. The third-order valence-corrected chi connectivity index (χ3v) is 3.65. The molecule has 2 nitrogen and oxygen atoms in total. The van der Waals surface area contributed by atoms with Gasteiger partial charge in [-0.2, -0.15) is 0 Å². The summed E-state index contributed by atoms with van der Waals surface area (Å²) >= 11 is 5.94. The summed E-state index contributed by atoms with van der Waals surface area (Å²) in [5.41, 5.74) is 1.86. The van der Waals surface area contributed by atoms with E-state index in [1.54, 1.807) is 13.2 Å². The van der Waals surface area contributed by atoms with Gasteiger partial charge in [-0.3, -0.25) is 0 Å². The van der Waals surface area contributed by atoms with E-state index in [9.17, 15) is 4.39 Å². The van der Waals surface area contributed by atoms with E-state index in [0.29, 0.717) is 6.54 Å². The fraction of sp³-hybridized carbons (Fsp3) is 0.250. The van der Waals surface area contributed by atoms with Crippen molar-refractivity contribution >= 4 is 11.6 Å². The molecule has 0 aliphatic heterocycles. The number of halogens is 2. The van der Waals surface area contributed by atoms with Crippen LogP contribution in [0.1, 0.15) is 24.1 Å². The molecule has 1 atom stereocenters. The molecule has 0 aliphatic carbocycles. The number of hydrogen-bond acceptors (Lipinski definition) is 2. The molecular weight excluding hydrogens is 277 g/mol. The molecule has 0 radical (unpaired) electrons. The zero-order chi connectivity index (χ0) is 14.5. The molecule has 106 valence electrons. The van der Waals surface area contributed by atoms with Crippen molar-refractivity contribution in [3.8, 4) is 5.75 Å². The fourth-order valence-electron chi connectivity index (χ4n) is 1.98. The molecule has 0 saturated heterocycles. The fourth-order valence-corrected chi connectivity index (χ4v) is 2.17. The second-order valence-electron chi connectivity index (χ2n) is 4.59. The molecule has 2 aromatic carbocycles. The second-order valence-corrected chi connectivity index (χ2v) is 4.97. The van der Waals surface area contributed by atoms with Gasteiger partial charge in [-0.15, -0.1) is 0 Å². The lowest BCUT2D eigenvalue weighted by atomic mass is 10.1. The number of nitrogens with one attached hydrogen (secondary N) is 1. The molecule has 0 amide bonds. The maximum absolute atomic E-state index is 13.3. The first-order valence-corrected chi connectivity index (χ1v) is 6.80. The molecule has 0 spiro atoms. The van der Waals surface area contributed by atoms with Gasteiger partial charge in [-0.25, -0.2) is 4.39 Å². The predicted molar refractivity (Wildman–Crippen MR) is 79.7 cm³/mol. The molecule has 0 saturated carbocycles. The Balaban J connectivity index is 2.04. The van der Waals surface area contributed by atoms with Crippen molar-refractivity contribution in [2.45, 2.75) is 19.5 Å². The minimum Gasteiger partial charge on any atom is -0.497 e. The first-order valence-electron chi connectivity index (χ1n) is 6.42. The summed E-state index contributed by atoms with van der Waals surface area (Å²) in [6.45, 7) is 2.55. The van der Waals surface area contributed by atoms with Crippen molar-refractivity contribution in [3.63, 3.8) is 0 Å². The van der Waals surface area contributed by atoms with E-state index < -0.39 is 0 Å². The summed E-state index contributed by atoms with van der Waals surface area (Å²) in [7, 11) is 1.64. The molecule has 0 heterocycles. The lowest BCUT2D eigenvalue weighted by Crippen LogP contribution is -2.18. The Bertz CT molecular complexity index is 588. The Morgan fingerprint density at radius 1 is 1.25 bits per heavy atom. The average molecular weight is 294 g/mol. The van der Waals surface area contributed by atoms with Gasteiger partial charge in [-0.1, -0.05) is 35.9 Å². The van der Waals surface area contributed by atoms with Crippen LogP contribution in [0.3, 0.4) is 0 Å². The molecule has 0 aliphatic rings. The van der Waals surface area contributed by atoms with E-state index in [0.717, 1.165) is 16.9 Å². The summed E-state index contributed by atoms with van der Waals surface area (Å²) in [5.74, 6) is 0.430. The molecule has 4 heteroatoms. The minimum atomic E-state index is -0.389. The predicted octanol–water partition coefficient (Wildman–Crippen LogP) is 4.34. The van der Waals surface area contributed by atoms with Crippen LogP contribution in [-0.4, -0.2) is 7.11 Å². The van der Waals surface area contributed by atoms with Gasteiger partial charge in [-0.05, 0) is 36.2 Å². The highest BCUT2D eigenvalue weighted by atomic mass is 35.5. The van der Waals surface area contributed by atoms with Crippen LogP contribution in [-0.2, 0) is 6.54 Å². The standard InChI is InChI=1S/C16H17ClFNO/c1-11(12-5-3-7-14(9-12)20-2)19-10-13-6-4-8-15(18)16(13)17/h3-9,11,19H,10H2,1-2H3/t11-/m1/s1. The zero-order valence-corrected chi connectivity index (χ0v) is 12.2. The highest BCUT2D eigenvalue weighted by Gasteiger charge is 2.09. The third-order valence-electron chi connectivity index (χ3n) is 3.22. The average Bonchev–Trinajstić information content (AvgIpc) is 2.48. The van der Waals surface area contributed by atoms with Gasteiger partial charge >= 0.3 is 0 Å². The largest absolute Gasteiger partial charge is 0.497 e. The van der Waals surface area contributed by atoms with E-state index in [4.69, 9.17) is 16.3 Å². The molecule has 0 aromatic heterocycles. The Kier molecular flexibility index (Phi) is 4.99. The van der Waals surface area contributed by atoms with E-state index in [2.05, 4.69) is 5.32 Å². The highest BCUT2D eigenvalue weighted by molar-refractivity contribution is 6.31. The number of benzene rings is 2. The molecule has 0 unspecified atom stereocenters. The first kappa shape index (κ1) is 14.8. The van der Waals surface area contributed by atoms with Crippen LogP contribution in [0.25, 0.3) is 0 Å². The maximum atomic E-state index is 13.3. The van der Waals surface area contributed by atoms with Gasteiger partial charge < -0.3 is 10.1 Å². The van der Waals surface area contributed by atoms with Gasteiger partial charge in [0.2, 0.25) is 0 Å². The van der Waals surface area contributed by atoms with E-state index in [1.807, 2.05) is 37.3 Å². The number of methoxy groups -OCH3 is 1. The summed E-state index contributed by atoms with van der Waals surface area (Å²) in [6, 6.07) is 12.8. The van der Waals surface area contributed by atoms with Crippen LogP contribution in [0, 0.1) is 5.82 Å². The van der Waals surface area contributed by atoms with Crippen molar-refractivity contribution < 1.29 is 9.13 Å². The quantitative estimate of drug-likeness (QED) is 0.885. The molecule has 0 fully saturated rings. The highest BCUT2D eigenvalue weighted by Crippen LogP contribution is 2.22. The first-order chi connectivity index (χ1) is 9.61. The van der Waals surface area contributed by atoms with Crippen LogP contribution >= 0.6 is 11.6 Å². The lowest BCUT2D eigenvalue weighted by Gasteiger charge is -2.16. The van der Waals surface area contributed by atoms with Gasteiger partial charge in [0, 0.05) is 12.6 Å². The summed E-state index contributed by atoms with van der Waals surface area (Å²) in [4.78, 5) is 0. The maximum Gasteiger partial charge on any atom is 0.142 e. The lowest BCUT2D eigenvalue weighted by molar-refractivity contribution is 0.413. The normalized spacial score (nSPS) is 12.2. The van der Waals surface area contributed by atoms with E-state index in [-0.39, 0.29) is 16.9 Å². The van der Waals surface area contributed by atoms with Gasteiger partial charge in [0.25, 0.3) is 0 Å². The second kappa shape index (κ2) is 6.73. The molecule has 0 bridgehead atoms. The Morgan fingerprint density at radius 3 is 2.75 bits per heavy atom. The van der Waals surface area contributed by atoms with Crippen molar-refractivity contribution in [2.24, 2.45) is 0 Å². The van der Waals surface area contributed by atoms with Crippen molar-refractivity contribution in [2.75, 3.05) is 7.11 Å². The number of hydrogen-bond donors (Lipinski definition) is 1. The SMILES string of the molecule is COc1cccc([C@@H](C)NCc2cccc(F)c2Cl)c1.